The van der Waals surface area contributed by atoms with Crippen molar-refractivity contribution in [2.45, 2.75) is 45.1 Å². The van der Waals surface area contributed by atoms with E-state index in [1.165, 1.54) is 58.2 Å². The first-order chi connectivity index (χ1) is 15.6. The normalized spacial score (nSPS) is 18.0. The highest BCUT2D eigenvalue weighted by Crippen LogP contribution is 2.32. The van der Waals surface area contributed by atoms with Crippen LogP contribution < -0.4 is 16.0 Å². The smallest absolute Gasteiger partial charge is 0.248 e. The number of nitrogens with zero attached hydrogens (tertiary/aromatic N) is 2. The van der Waals surface area contributed by atoms with Crippen LogP contribution in [0.15, 0.2) is 42.5 Å². The van der Waals surface area contributed by atoms with Gasteiger partial charge in [-0.1, -0.05) is 30.2 Å². The zero-order valence-corrected chi connectivity index (χ0v) is 19.6. The van der Waals surface area contributed by atoms with Crippen LogP contribution in [0, 0.1) is 5.92 Å². The van der Waals surface area contributed by atoms with Crippen LogP contribution in [0.2, 0.25) is 5.02 Å². The number of amides is 1. The van der Waals surface area contributed by atoms with Crippen molar-refractivity contribution in [2.24, 2.45) is 11.7 Å². The predicted molar refractivity (Wildman–Crippen MR) is 134 cm³/mol. The van der Waals surface area contributed by atoms with E-state index in [1.54, 1.807) is 0 Å². The second kappa shape index (κ2) is 11.1. The van der Waals surface area contributed by atoms with Gasteiger partial charge in [0.1, 0.15) is 0 Å². The summed E-state index contributed by atoms with van der Waals surface area (Å²) in [6.45, 7) is 6.56. The average Bonchev–Trinajstić information content (AvgIpc) is 2.82. The Bertz CT molecular complexity index is 904. The Balaban J connectivity index is 1.38. The lowest BCUT2D eigenvalue weighted by molar-refractivity contribution is 0.100. The Hall–Kier alpha value is -2.24. The molecule has 2 aliphatic rings. The number of nitrogens with two attached hydrogens (primary N) is 1. The van der Waals surface area contributed by atoms with E-state index in [0.29, 0.717) is 12.1 Å². The molecule has 0 saturated carbocycles. The van der Waals surface area contributed by atoms with Crippen LogP contribution >= 0.6 is 11.6 Å². The first kappa shape index (κ1) is 22.9. The number of anilines is 2. The number of carbonyl (C=O) groups is 1. The molecule has 5 nitrogen and oxygen atoms in total. The van der Waals surface area contributed by atoms with E-state index in [4.69, 9.17) is 17.3 Å². The largest absolute Gasteiger partial charge is 0.379 e. The number of rotatable bonds is 8. The molecule has 4 rings (SSSR count). The van der Waals surface area contributed by atoms with Crippen LogP contribution in [0.3, 0.4) is 0 Å². The Kier molecular flexibility index (Phi) is 7.93. The highest BCUT2D eigenvalue weighted by atomic mass is 35.5. The Morgan fingerprint density at radius 2 is 1.81 bits per heavy atom. The molecule has 2 aromatic rings. The third-order valence-electron chi connectivity index (χ3n) is 6.91. The van der Waals surface area contributed by atoms with Gasteiger partial charge in [0.05, 0.1) is 11.4 Å². The molecule has 1 amide bonds. The summed E-state index contributed by atoms with van der Waals surface area (Å²) in [7, 11) is 0. The van der Waals surface area contributed by atoms with Crippen molar-refractivity contribution < 1.29 is 4.79 Å². The minimum absolute atomic E-state index is 0.404. The maximum atomic E-state index is 11.8. The molecule has 2 aromatic carbocycles. The summed E-state index contributed by atoms with van der Waals surface area (Å²) in [4.78, 5) is 16.9. The second-order valence-corrected chi connectivity index (χ2v) is 9.64. The van der Waals surface area contributed by atoms with Crippen molar-refractivity contribution in [3.8, 4) is 0 Å². The van der Waals surface area contributed by atoms with Crippen LogP contribution in [0.4, 0.5) is 11.4 Å². The van der Waals surface area contributed by atoms with E-state index in [2.05, 4.69) is 15.1 Å². The van der Waals surface area contributed by atoms with Crippen molar-refractivity contribution in [1.82, 2.24) is 4.90 Å². The molecule has 6 heteroatoms. The lowest BCUT2D eigenvalue weighted by atomic mass is 9.92. The summed E-state index contributed by atoms with van der Waals surface area (Å²) in [6.07, 6.45) is 7.89. The van der Waals surface area contributed by atoms with Crippen LogP contribution in [0.5, 0.6) is 0 Å². The molecule has 172 valence electrons. The number of piperidine rings is 2. The van der Waals surface area contributed by atoms with E-state index < -0.39 is 5.91 Å². The lowest BCUT2D eigenvalue weighted by Crippen LogP contribution is -2.36. The molecule has 3 N–H and O–H groups in total. The zero-order chi connectivity index (χ0) is 22.3. The number of benzene rings is 2. The fraction of sp³-hybridized carbons (Fsp3) is 0.500. The molecule has 0 radical (unpaired) electrons. The third-order valence-corrected chi connectivity index (χ3v) is 7.15. The quantitative estimate of drug-likeness (QED) is 0.579. The Morgan fingerprint density at radius 3 is 2.53 bits per heavy atom. The summed E-state index contributed by atoms with van der Waals surface area (Å²) in [5.74, 6) is 0.403. The number of carbonyl (C=O) groups excluding carboxylic acids is 1. The van der Waals surface area contributed by atoms with Gasteiger partial charge in [-0.05, 0) is 93.6 Å². The van der Waals surface area contributed by atoms with Gasteiger partial charge in [0.2, 0.25) is 5.91 Å². The summed E-state index contributed by atoms with van der Waals surface area (Å²) in [5.41, 5.74) is 9.27. The van der Waals surface area contributed by atoms with Gasteiger partial charge in [0, 0.05) is 30.2 Å². The minimum Gasteiger partial charge on any atom is -0.379 e. The maximum absolute atomic E-state index is 11.8. The van der Waals surface area contributed by atoms with Gasteiger partial charge in [-0.3, -0.25) is 4.79 Å². The fourth-order valence-corrected chi connectivity index (χ4v) is 5.17. The predicted octanol–water partition coefficient (Wildman–Crippen LogP) is 5.14. The van der Waals surface area contributed by atoms with Crippen molar-refractivity contribution in [3.63, 3.8) is 0 Å². The molecule has 0 aromatic heterocycles. The summed E-state index contributed by atoms with van der Waals surface area (Å²) in [5, 5.41) is 4.24. The highest BCUT2D eigenvalue weighted by molar-refractivity contribution is 6.30. The summed E-state index contributed by atoms with van der Waals surface area (Å²) >= 11 is 6.14. The van der Waals surface area contributed by atoms with E-state index in [9.17, 15) is 4.79 Å². The van der Waals surface area contributed by atoms with Crippen LogP contribution in [-0.4, -0.2) is 43.5 Å². The molecular weight excluding hydrogens is 420 g/mol. The fourth-order valence-electron chi connectivity index (χ4n) is 4.96. The molecule has 2 fully saturated rings. The van der Waals surface area contributed by atoms with Crippen molar-refractivity contribution in [3.05, 3.63) is 58.6 Å². The molecule has 2 saturated heterocycles. The number of likely N-dealkylation sites (tertiary alicyclic amines) is 1. The Morgan fingerprint density at radius 1 is 1.03 bits per heavy atom. The molecular formula is C26H35ClN4O. The number of nitrogens with one attached hydrogen (secondary N) is 1. The topological polar surface area (TPSA) is 61.6 Å². The van der Waals surface area contributed by atoms with E-state index in [1.807, 2.05) is 42.5 Å². The third kappa shape index (κ3) is 6.17. The lowest BCUT2D eigenvalue weighted by Gasteiger charge is -2.36. The average molecular weight is 455 g/mol. The van der Waals surface area contributed by atoms with Gasteiger partial charge >= 0.3 is 0 Å². The highest BCUT2D eigenvalue weighted by Gasteiger charge is 2.22. The van der Waals surface area contributed by atoms with Gasteiger partial charge < -0.3 is 20.9 Å². The Labute approximate surface area is 196 Å². The van der Waals surface area contributed by atoms with E-state index in [0.717, 1.165) is 41.0 Å². The number of halogens is 1. The molecule has 0 unspecified atom stereocenters. The molecule has 2 heterocycles. The van der Waals surface area contributed by atoms with Crippen LogP contribution in [0.1, 0.15) is 54.4 Å². The summed E-state index contributed by atoms with van der Waals surface area (Å²) in [6, 6.07) is 13.6. The monoisotopic (exact) mass is 454 g/mol. The number of hydrogen-bond donors (Lipinski definition) is 2. The summed E-state index contributed by atoms with van der Waals surface area (Å²) < 4.78 is 0. The molecule has 0 bridgehead atoms. The molecule has 2 aliphatic heterocycles. The number of primary amides is 1. The van der Waals surface area contributed by atoms with Gasteiger partial charge in [-0.25, -0.2) is 0 Å². The van der Waals surface area contributed by atoms with Crippen molar-refractivity contribution in [1.29, 1.82) is 0 Å². The first-order valence-corrected chi connectivity index (χ1v) is 12.4. The second-order valence-electron chi connectivity index (χ2n) is 9.20. The first-order valence-electron chi connectivity index (χ1n) is 12.0. The standard InChI is InChI=1S/C26H35ClN4O/c27-23-6-4-5-21(17-23)19-29-24-18-22(26(28)32)7-8-25(24)31-15-10-20(11-16-31)9-14-30-12-2-1-3-13-30/h4-8,17-18,20,29H,1-3,9-16,19H2,(H2,28,32). The molecule has 0 atom stereocenters. The van der Waals surface area contributed by atoms with Crippen LogP contribution in [-0.2, 0) is 6.54 Å². The zero-order valence-electron chi connectivity index (χ0n) is 18.9. The van der Waals surface area contributed by atoms with Gasteiger partial charge in [0.25, 0.3) is 0 Å². The van der Waals surface area contributed by atoms with E-state index in [-0.39, 0.29) is 0 Å². The van der Waals surface area contributed by atoms with E-state index >= 15 is 0 Å². The molecule has 0 aliphatic carbocycles. The van der Waals surface area contributed by atoms with Crippen molar-refractivity contribution >= 4 is 28.9 Å². The van der Waals surface area contributed by atoms with Crippen LogP contribution in [0.25, 0.3) is 0 Å². The maximum Gasteiger partial charge on any atom is 0.248 e. The number of hydrogen-bond acceptors (Lipinski definition) is 4. The SMILES string of the molecule is NC(=O)c1ccc(N2CCC(CCN3CCCCC3)CC2)c(NCc2cccc(Cl)c2)c1. The van der Waals surface area contributed by atoms with Gasteiger partial charge in [-0.15, -0.1) is 0 Å². The molecule has 32 heavy (non-hydrogen) atoms. The van der Waals surface area contributed by atoms with Gasteiger partial charge in [-0.2, -0.15) is 0 Å². The molecule has 0 spiro atoms. The minimum atomic E-state index is -0.404. The van der Waals surface area contributed by atoms with Gasteiger partial charge in [0.15, 0.2) is 0 Å². The van der Waals surface area contributed by atoms with Crippen molar-refractivity contribution in [2.75, 3.05) is 42.9 Å².